The van der Waals surface area contributed by atoms with E-state index in [-0.39, 0.29) is 70.6 Å². The molecule has 0 spiro atoms. The van der Waals surface area contributed by atoms with Crippen molar-refractivity contribution < 1.29 is 66.7 Å². The number of hydrogen-bond acceptors (Lipinski definition) is 14. The topological polar surface area (TPSA) is 176 Å². The normalized spacial score (nSPS) is 10.2. The summed E-state index contributed by atoms with van der Waals surface area (Å²) < 4.78 is 40.7. The van der Waals surface area contributed by atoms with E-state index < -0.39 is 36.2 Å². The lowest BCUT2D eigenvalue weighted by molar-refractivity contribution is -0.139. The molecule has 0 unspecified atom stereocenters. The third-order valence-electron chi connectivity index (χ3n) is 6.57. The zero-order valence-corrected chi connectivity index (χ0v) is 29.9. The van der Waals surface area contributed by atoms with Gasteiger partial charge in [-0.15, -0.1) is 0 Å². The Morgan fingerprint density at radius 3 is 1.28 bits per heavy atom. The monoisotopic (exact) mass is 772 g/mol. The number of aryl methyl sites for hydroxylation is 1. The van der Waals surface area contributed by atoms with E-state index in [4.69, 9.17) is 61.1 Å². The van der Waals surface area contributed by atoms with Crippen LogP contribution >= 0.6 is 23.2 Å². The summed E-state index contributed by atoms with van der Waals surface area (Å²) in [7, 11) is 0. The highest BCUT2D eigenvalue weighted by molar-refractivity contribution is 6.41. The van der Waals surface area contributed by atoms with E-state index in [1.54, 1.807) is 6.92 Å². The summed E-state index contributed by atoms with van der Waals surface area (Å²) in [5.74, 6) is -2.13. The van der Waals surface area contributed by atoms with Crippen LogP contribution in [0.5, 0.6) is 23.0 Å². The minimum atomic E-state index is -0.950. The number of halogens is 2. The van der Waals surface area contributed by atoms with Crippen LogP contribution in [0.2, 0.25) is 0 Å². The number of benzene rings is 3. The van der Waals surface area contributed by atoms with Crippen molar-refractivity contribution in [1.29, 1.82) is 0 Å². The van der Waals surface area contributed by atoms with Gasteiger partial charge < -0.3 is 37.9 Å². The molecule has 280 valence electrons. The van der Waals surface area contributed by atoms with Crippen molar-refractivity contribution in [2.24, 2.45) is 0 Å². The van der Waals surface area contributed by atoms with Gasteiger partial charge in [-0.1, -0.05) is 36.4 Å². The van der Waals surface area contributed by atoms with Crippen LogP contribution in [-0.4, -0.2) is 62.6 Å². The van der Waals surface area contributed by atoms with Gasteiger partial charge in [0, 0.05) is 0 Å². The molecule has 0 aliphatic heterocycles. The maximum atomic E-state index is 12.7. The molecule has 0 heterocycles. The second-order valence-electron chi connectivity index (χ2n) is 10.7. The van der Waals surface area contributed by atoms with Crippen molar-refractivity contribution >= 4 is 59.4 Å². The van der Waals surface area contributed by atoms with E-state index in [0.717, 1.165) is 0 Å². The van der Waals surface area contributed by atoms with Crippen LogP contribution in [-0.2, 0) is 28.5 Å². The first-order chi connectivity index (χ1) is 25.3. The van der Waals surface area contributed by atoms with Crippen LogP contribution in [0.1, 0.15) is 52.0 Å². The van der Waals surface area contributed by atoms with Crippen LogP contribution in [0.15, 0.2) is 90.0 Å². The lowest BCUT2D eigenvalue weighted by Crippen LogP contribution is -2.13. The van der Waals surface area contributed by atoms with Crippen LogP contribution in [0.25, 0.3) is 0 Å². The van der Waals surface area contributed by atoms with Gasteiger partial charge in [-0.3, -0.25) is 0 Å². The zero-order chi connectivity index (χ0) is 38.8. The van der Waals surface area contributed by atoms with Gasteiger partial charge >= 0.3 is 36.2 Å². The summed E-state index contributed by atoms with van der Waals surface area (Å²) in [4.78, 5) is 71.7. The summed E-state index contributed by atoms with van der Waals surface area (Å²) in [6.07, 6.45) is -0.209. The minimum absolute atomic E-state index is 0.0302. The Labute approximate surface area is 314 Å². The smallest absolute Gasteiger partial charge is 0.461 e. The number of ether oxygens (including phenoxy) is 8. The summed E-state index contributed by atoms with van der Waals surface area (Å²) >= 11 is 10.8. The number of rotatable bonds is 18. The lowest BCUT2D eigenvalue weighted by atomic mass is 10.2. The largest absolute Gasteiger partial charge is 0.513 e. The van der Waals surface area contributed by atoms with E-state index >= 15 is 0 Å². The number of esters is 4. The highest BCUT2D eigenvalue weighted by atomic mass is 35.5. The maximum absolute atomic E-state index is 12.7. The number of unbranched alkanes of at least 4 members (excludes halogenated alkanes) is 2. The molecule has 14 nitrogen and oxygen atoms in total. The summed E-state index contributed by atoms with van der Waals surface area (Å²) in [5, 5.41) is -0.450. The van der Waals surface area contributed by atoms with E-state index in [1.165, 1.54) is 66.7 Å². The molecule has 0 aliphatic rings. The first-order valence-electron chi connectivity index (χ1n) is 15.8. The molecule has 3 aromatic rings. The fourth-order valence-electron chi connectivity index (χ4n) is 3.90. The first-order valence-corrected chi connectivity index (χ1v) is 16.6. The van der Waals surface area contributed by atoms with Crippen molar-refractivity contribution in [3.8, 4) is 23.0 Å². The van der Waals surface area contributed by atoms with Gasteiger partial charge in [-0.2, -0.15) is 0 Å². The predicted octanol–water partition coefficient (Wildman–Crippen LogP) is 7.62. The first kappa shape index (κ1) is 41.6. The van der Waals surface area contributed by atoms with E-state index in [1.807, 2.05) is 0 Å². The summed E-state index contributed by atoms with van der Waals surface area (Å²) in [6.45, 7) is 8.41. The van der Waals surface area contributed by atoms with Crippen LogP contribution < -0.4 is 18.9 Å². The van der Waals surface area contributed by atoms with Crippen LogP contribution in [0.4, 0.5) is 9.59 Å². The van der Waals surface area contributed by atoms with Gasteiger partial charge in [-0.05, 0) is 105 Å². The third kappa shape index (κ3) is 15.1. The van der Waals surface area contributed by atoms with Gasteiger partial charge in [0.2, 0.25) is 0 Å². The van der Waals surface area contributed by atoms with Crippen molar-refractivity contribution in [3.05, 3.63) is 107 Å². The summed E-state index contributed by atoms with van der Waals surface area (Å²) in [6, 6.07) is 15.6. The molecule has 0 amide bonds. The van der Waals surface area contributed by atoms with E-state index in [9.17, 15) is 28.8 Å². The van der Waals surface area contributed by atoms with Gasteiger partial charge in [0.05, 0.1) is 37.6 Å². The number of hydrogen-bond donors (Lipinski definition) is 0. The average molecular weight is 774 g/mol. The second kappa shape index (κ2) is 21.5. The number of carbonyl (C=O) groups excluding carboxylic acids is 6. The van der Waals surface area contributed by atoms with Crippen LogP contribution in [0.3, 0.4) is 0 Å². The Bertz CT molecular complexity index is 1800. The van der Waals surface area contributed by atoms with Gasteiger partial charge in [-0.25, -0.2) is 28.8 Å². The maximum Gasteiger partial charge on any atom is 0.513 e. The molecule has 0 aromatic heterocycles. The molecular formula is C37H34Cl2O14. The minimum Gasteiger partial charge on any atom is -0.461 e. The average Bonchev–Trinajstić information content (AvgIpc) is 3.12. The van der Waals surface area contributed by atoms with Crippen molar-refractivity contribution in [1.82, 2.24) is 0 Å². The molecule has 3 aromatic carbocycles. The molecule has 0 N–H and O–H groups in total. The molecule has 0 radical (unpaired) electrons. The van der Waals surface area contributed by atoms with Crippen molar-refractivity contribution in [3.63, 3.8) is 0 Å². The molecule has 0 aliphatic carbocycles. The van der Waals surface area contributed by atoms with Gasteiger partial charge in [0.1, 0.15) is 33.1 Å². The number of carbonyl (C=O) groups is 6. The van der Waals surface area contributed by atoms with E-state index in [2.05, 4.69) is 13.2 Å². The summed E-state index contributed by atoms with van der Waals surface area (Å²) in [5.41, 5.74) is 0.840. The molecule has 0 fully saturated rings. The molecule has 0 atom stereocenters. The third-order valence-corrected chi connectivity index (χ3v) is 6.88. The molecule has 16 heteroatoms. The Morgan fingerprint density at radius 2 is 0.887 bits per heavy atom. The Kier molecular flexibility index (Phi) is 16.9. The van der Waals surface area contributed by atoms with Gasteiger partial charge in [0.15, 0.2) is 0 Å². The van der Waals surface area contributed by atoms with Crippen molar-refractivity contribution in [2.45, 2.75) is 32.6 Å². The standard InChI is InChI=1S/C37H34Cl2O14/c1-23-22-30(50-34(42)26-8-12-28(13-9-26)51-36(44)48-20-6-4-18-46-32(40)24(2)38)16-17-31(23)53-35(43)27-10-14-29(15-11-27)52-37(45)49-21-7-5-19-47-33(41)25(3)39/h8-17,22H,2-7,18-21H2,1H3. The Hall–Kier alpha value is -5.86. The molecule has 0 bridgehead atoms. The Morgan fingerprint density at radius 1 is 0.509 bits per heavy atom. The quantitative estimate of drug-likeness (QED) is 0.0308. The highest BCUT2D eigenvalue weighted by Gasteiger charge is 2.15. The molecule has 0 saturated carbocycles. The molecule has 53 heavy (non-hydrogen) atoms. The predicted molar refractivity (Wildman–Crippen MR) is 188 cm³/mol. The SMILES string of the molecule is C=C(Cl)C(=O)OCCCCOC(=O)Oc1ccc(C(=O)Oc2ccc(OC(=O)c3ccc(OC(=O)OCCCCOC(=O)C(=C)Cl)cc3)c(C)c2)cc1. The van der Waals surface area contributed by atoms with Gasteiger partial charge in [0.25, 0.3) is 0 Å². The fourth-order valence-corrected chi connectivity index (χ4v) is 4.01. The van der Waals surface area contributed by atoms with Crippen LogP contribution in [0, 0.1) is 6.92 Å². The van der Waals surface area contributed by atoms with E-state index in [0.29, 0.717) is 31.2 Å². The highest BCUT2D eigenvalue weighted by Crippen LogP contribution is 2.26. The molecular weight excluding hydrogens is 739 g/mol. The molecule has 0 saturated heterocycles. The lowest BCUT2D eigenvalue weighted by Gasteiger charge is -2.11. The van der Waals surface area contributed by atoms with Crippen molar-refractivity contribution in [2.75, 3.05) is 26.4 Å². The zero-order valence-electron chi connectivity index (χ0n) is 28.4. The second-order valence-corrected chi connectivity index (χ2v) is 11.6. The fraction of sp³-hybridized carbons (Fsp3) is 0.243. The Balaban J connectivity index is 1.39. The molecule has 3 rings (SSSR count).